The van der Waals surface area contributed by atoms with Crippen LogP contribution in [-0.2, 0) is 0 Å². The minimum Gasteiger partial charge on any atom is -0.377 e. The molecule has 0 spiro atoms. The zero-order valence-corrected chi connectivity index (χ0v) is 9.40. The first kappa shape index (κ1) is 7.98. The highest BCUT2D eigenvalue weighted by Crippen LogP contribution is 2.35. The Morgan fingerprint density at radius 1 is 1.33 bits per heavy atom. The largest absolute Gasteiger partial charge is 0.377 e. The van der Waals surface area contributed by atoms with Crippen LogP contribution in [0.25, 0.3) is 6.08 Å². The Morgan fingerprint density at radius 2 is 2.07 bits per heavy atom. The fourth-order valence-corrected chi connectivity index (χ4v) is 2.09. The molecule has 0 radical (unpaired) electrons. The number of nitrogens with zero attached hydrogens (tertiary/aromatic N) is 1. The number of likely N-dealkylation sites (tertiary alicyclic amines) is 1. The standard InChI is InChI=1S/C14H19N/c1-14(2)10-13(15(3)11-14)9-12-7-5-4-6-8-12/h4-9H,10-11H2,1-3H3/b13-9-/i3D2. The molecule has 15 heavy (non-hydrogen) atoms. The summed E-state index contributed by atoms with van der Waals surface area (Å²) in [5.41, 5.74) is 2.42. The zero-order chi connectivity index (χ0) is 12.5. The highest BCUT2D eigenvalue weighted by Gasteiger charge is 2.30. The van der Waals surface area contributed by atoms with Crippen LogP contribution < -0.4 is 0 Å². The van der Waals surface area contributed by atoms with Gasteiger partial charge in [-0.05, 0) is 23.5 Å². The number of rotatable bonds is 1. The van der Waals surface area contributed by atoms with Crippen LogP contribution in [0, 0.1) is 5.41 Å². The average molecular weight is 203 g/mol. The van der Waals surface area contributed by atoms with Gasteiger partial charge in [0.2, 0.25) is 0 Å². The summed E-state index contributed by atoms with van der Waals surface area (Å²) in [5.74, 6) is 0. The quantitative estimate of drug-likeness (QED) is 0.676. The molecule has 0 N–H and O–H groups in total. The predicted molar refractivity (Wildman–Crippen MR) is 65.4 cm³/mol. The summed E-state index contributed by atoms with van der Waals surface area (Å²) in [5, 5.41) is 0. The van der Waals surface area contributed by atoms with E-state index >= 15 is 0 Å². The minimum absolute atomic E-state index is 0.168. The Labute approximate surface area is 95.2 Å². The van der Waals surface area contributed by atoms with Crippen LogP contribution in [0.15, 0.2) is 36.0 Å². The lowest BCUT2D eigenvalue weighted by molar-refractivity contribution is 0.345. The van der Waals surface area contributed by atoms with Gasteiger partial charge in [0, 0.05) is 22.0 Å². The van der Waals surface area contributed by atoms with Crippen LogP contribution in [0.4, 0.5) is 0 Å². The van der Waals surface area contributed by atoms with E-state index in [-0.39, 0.29) is 5.41 Å². The first-order valence-corrected chi connectivity index (χ1v) is 5.35. The number of allylic oxidation sites excluding steroid dienone is 1. The van der Waals surface area contributed by atoms with Crippen molar-refractivity contribution < 1.29 is 2.74 Å². The Kier molecular flexibility index (Phi) is 1.98. The Morgan fingerprint density at radius 3 is 2.73 bits per heavy atom. The molecule has 1 aliphatic heterocycles. The molecule has 0 aromatic heterocycles. The van der Waals surface area contributed by atoms with Crippen molar-refractivity contribution in [3.05, 3.63) is 41.6 Å². The van der Waals surface area contributed by atoms with Gasteiger partial charge in [0.25, 0.3) is 0 Å². The van der Waals surface area contributed by atoms with Crippen molar-refractivity contribution in [2.45, 2.75) is 20.3 Å². The highest BCUT2D eigenvalue weighted by molar-refractivity contribution is 5.53. The van der Waals surface area contributed by atoms with E-state index in [1.807, 2.05) is 23.1 Å². The van der Waals surface area contributed by atoms with E-state index in [0.717, 1.165) is 24.2 Å². The molecule has 1 aliphatic rings. The Bertz CT molecular complexity index is 409. The summed E-state index contributed by atoms with van der Waals surface area (Å²) in [4.78, 5) is 1.87. The van der Waals surface area contributed by atoms with Crippen LogP contribution in [-0.4, -0.2) is 18.4 Å². The third-order valence-electron chi connectivity index (χ3n) is 2.76. The van der Waals surface area contributed by atoms with Crippen molar-refractivity contribution in [1.29, 1.82) is 0 Å². The fraction of sp³-hybridized carbons (Fsp3) is 0.429. The lowest BCUT2D eigenvalue weighted by Crippen LogP contribution is -2.17. The van der Waals surface area contributed by atoms with Gasteiger partial charge in [-0.1, -0.05) is 44.2 Å². The van der Waals surface area contributed by atoms with Crippen LogP contribution in [0.3, 0.4) is 0 Å². The fourth-order valence-electron chi connectivity index (χ4n) is 2.09. The Hall–Kier alpha value is -1.24. The van der Waals surface area contributed by atoms with E-state index in [4.69, 9.17) is 2.74 Å². The zero-order valence-electron chi connectivity index (χ0n) is 11.4. The van der Waals surface area contributed by atoms with E-state index in [2.05, 4.69) is 32.1 Å². The second-order valence-corrected chi connectivity index (χ2v) is 5.02. The predicted octanol–water partition coefficient (Wildman–Crippen LogP) is 3.39. The lowest BCUT2D eigenvalue weighted by atomic mass is 9.92. The molecule has 80 valence electrons. The van der Waals surface area contributed by atoms with Gasteiger partial charge in [0.05, 0.1) is 0 Å². The van der Waals surface area contributed by atoms with Crippen molar-refractivity contribution in [3.63, 3.8) is 0 Å². The average Bonchev–Trinajstić information content (AvgIpc) is 2.55. The van der Waals surface area contributed by atoms with Gasteiger partial charge in [-0.15, -0.1) is 0 Å². The van der Waals surface area contributed by atoms with Crippen molar-refractivity contribution in [3.8, 4) is 0 Å². The van der Waals surface area contributed by atoms with Gasteiger partial charge < -0.3 is 4.90 Å². The molecule has 0 saturated carbocycles. The van der Waals surface area contributed by atoms with Crippen molar-refractivity contribution in [2.24, 2.45) is 5.41 Å². The molecule has 1 aromatic rings. The molecular formula is C14H19N. The van der Waals surface area contributed by atoms with E-state index < -0.39 is 7.00 Å². The Balaban J connectivity index is 2.27. The van der Waals surface area contributed by atoms with E-state index in [1.54, 1.807) is 0 Å². The lowest BCUT2D eigenvalue weighted by Gasteiger charge is -2.16. The highest BCUT2D eigenvalue weighted by atomic mass is 15.1. The molecule has 1 fully saturated rings. The van der Waals surface area contributed by atoms with Gasteiger partial charge in [0.15, 0.2) is 0 Å². The molecule has 0 bridgehead atoms. The van der Waals surface area contributed by atoms with E-state index in [1.165, 1.54) is 0 Å². The summed E-state index contributed by atoms with van der Waals surface area (Å²) < 4.78 is 15.2. The summed E-state index contributed by atoms with van der Waals surface area (Å²) in [6.45, 7) is 4.26. The molecular weight excluding hydrogens is 182 g/mol. The van der Waals surface area contributed by atoms with Crippen molar-refractivity contribution in [2.75, 3.05) is 13.5 Å². The van der Waals surface area contributed by atoms with E-state index in [0.29, 0.717) is 0 Å². The molecule has 1 heterocycles. The normalized spacial score (nSPS) is 24.5. The SMILES string of the molecule is [2H]C([2H])N1CC(C)(C)C/C1=C/c1ccccc1. The van der Waals surface area contributed by atoms with Gasteiger partial charge >= 0.3 is 0 Å². The van der Waals surface area contributed by atoms with Gasteiger partial charge in [-0.2, -0.15) is 0 Å². The van der Waals surface area contributed by atoms with Crippen molar-refractivity contribution in [1.82, 2.24) is 4.90 Å². The summed E-state index contributed by atoms with van der Waals surface area (Å²) in [6.07, 6.45) is 3.04. The number of hydrogen-bond acceptors (Lipinski definition) is 1. The molecule has 0 atom stereocenters. The first-order chi connectivity index (χ1) is 7.98. The van der Waals surface area contributed by atoms with Crippen molar-refractivity contribution >= 4 is 6.08 Å². The maximum absolute atomic E-state index is 7.60. The summed E-state index contributed by atoms with van der Waals surface area (Å²) >= 11 is 0. The molecule has 0 aliphatic carbocycles. The first-order valence-electron chi connectivity index (χ1n) is 6.50. The topological polar surface area (TPSA) is 3.24 Å². The maximum Gasteiger partial charge on any atom is 0.0456 e. The summed E-state index contributed by atoms with van der Waals surface area (Å²) in [6, 6.07) is 10.1. The second-order valence-electron chi connectivity index (χ2n) is 5.02. The van der Waals surface area contributed by atoms with Crippen LogP contribution in [0.2, 0.25) is 0 Å². The second kappa shape index (κ2) is 3.73. The molecule has 0 unspecified atom stereocenters. The van der Waals surface area contributed by atoms with E-state index in [9.17, 15) is 0 Å². The number of benzene rings is 1. The third-order valence-corrected chi connectivity index (χ3v) is 2.76. The minimum atomic E-state index is -0.910. The maximum atomic E-state index is 7.60. The summed E-state index contributed by atoms with van der Waals surface area (Å²) in [7, 11) is 0. The third kappa shape index (κ3) is 2.41. The smallest absolute Gasteiger partial charge is 0.0456 e. The van der Waals surface area contributed by atoms with Crippen LogP contribution in [0.1, 0.15) is 28.6 Å². The molecule has 2 rings (SSSR count). The molecule has 1 aromatic carbocycles. The van der Waals surface area contributed by atoms with Crippen LogP contribution >= 0.6 is 0 Å². The molecule has 1 saturated heterocycles. The molecule has 0 amide bonds. The molecule has 1 heteroatoms. The van der Waals surface area contributed by atoms with Gasteiger partial charge in [0.1, 0.15) is 0 Å². The molecule has 1 nitrogen and oxygen atoms in total. The number of hydrogen-bond donors (Lipinski definition) is 0. The van der Waals surface area contributed by atoms with Gasteiger partial charge in [-0.3, -0.25) is 0 Å². The van der Waals surface area contributed by atoms with Gasteiger partial charge in [-0.25, -0.2) is 0 Å². The monoisotopic (exact) mass is 203 g/mol. The van der Waals surface area contributed by atoms with Crippen LogP contribution in [0.5, 0.6) is 0 Å².